The molecule has 2 saturated carbocycles. The zero-order valence-corrected chi connectivity index (χ0v) is 33.9. The fraction of sp³-hybridized carbons (Fsp3) is 0.457. The van der Waals surface area contributed by atoms with Gasteiger partial charge in [-0.1, -0.05) is 87.5 Å². The molecule has 1 aliphatic heterocycles. The van der Waals surface area contributed by atoms with Crippen molar-refractivity contribution in [1.29, 1.82) is 0 Å². The van der Waals surface area contributed by atoms with Gasteiger partial charge in [0.1, 0.15) is 29.7 Å². The third-order valence-corrected chi connectivity index (χ3v) is 13.5. The van der Waals surface area contributed by atoms with Crippen LogP contribution in [-0.2, 0) is 33.3 Å². The zero-order chi connectivity index (χ0) is 42.7. The number of fused-ring (bicyclic) bond motifs is 5. The average Bonchev–Trinajstić information content (AvgIpc) is 3.21. The highest BCUT2D eigenvalue weighted by atomic mass is 16.6. The number of benzene rings is 3. The summed E-state index contributed by atoms with van der Waals surface area (Å²) in [5.74, 6) is -6.06. The maximum Gasteiger partial charge on any atom is 0.338 e. The van der Waals surface area contributed by atoms with Crippen molar-refractivity contribution in [2.24, 2.45) is 22.7 Å². The van der Waals surface area contributed by atoms with Gasteiger partial charge >= 0.3 is 17.9 Å². The van der Waals surface area contributed by atoms with Crippen molar-refractivity contribution in [3.8, 4) is 0 Å². The van der Waals surface area contributed by atoms with E-state index in [-0.39, 0.29) is 18.6 Å². The normalized spacial score (nSPS) is 33.0. The van der Waals surface area contributed by atoms with E-state index in [1.165, 1.54) is 19.1 Å². The van der Waals surface area contributed by atoms with Crippen LogP contribution in [0.3, 0.4) is 0 Å². The van der Waals surface area contributed by atoms with Crippen LogP contribution in [0, 0.1) is 22.7 Å². The van der Waals surface area contributed by atoms with Gasteiger partial charge in [-0.05, 0) is 54.8 Å². The Labute approximate surface area is 342 Å². The Morgan fingerprint density at radius 3 is 2.02 bits per heavy atom. The van der Waals surface area contributed by atoms with E-state index in [0.717, 1.165) is 0 Å². The molecule has 1 amide bonds. The number of amides is 1. The predicted octanol–water partition coefficient (Wildman–Crippen LogP) is 4.44. The van der Waals surface area contributed by atoms with Crippen molar-refractivity contribution in [1.82, 2.24) is 5.32 Å². The molecule has 3 aromatic rings. The molecule has 13 nitrogen and oxygen atoms in total. The fourth-order valence-electron chi connectivity index (χ4n) is 10.4. The second kappa shape index (κ2) is 15.4. The van der Waals surface area contributed by atoms with E-state index < -0.39 is 106 Å². The number of esters is 3. The molecule has 1 heterocycles. The molecule has 0 aromatic heterocycles. The van der Waals surface area contributed by atoms with Gasteiger partial charge in [-0.2, -0.15) is 0 Å². The first-order chi connectivity index (χ1) is 27.9. The zero-order valence-electron chi connectivity index (χ0n) is 33.9. The Balaban J connectivity index is 1.34. The van der Waals surface area contributed by atoms with Gasteiger partial charge in [0, 0.05) is 36.7 Å². The predicted molar refractivity (Wildman–Crippen MR) is 211 cm³/mol. The number of Topliss-reactive ketones (excluding diaryl/α,β-unsaturated/α-hetero) is 1. The highest BCUT2D eigenvalue weighted by molar-refractivity contribution is 5.95. The van der Waals surface area contributed by atoms with Crippen LogP contribution in [0.25, 0.3) is 0 Å². The van der Waals surface area contributed by atoms with E-state index in [1.807, 2.05) is 0 Å². The smallest absolute Gasteiger partial charge is 0.338 e. The first-order valence-corrected chi connectivity index (χ1v) is 19.9. The van der Waals surface area contributed by atoms with E-state index in [2.05, 4.69) is 5.32 Å². The molecular weight excluding hydrogens is 759 g/mol. The van der Waals surface area contributed by atoms with Gasteiger partial charge in [0.25, 0.3) is 5.91 Å². The van der Waals surface area contributed by atoms with E-state index >= 15 is 4.79 Å². The maximum absolute atomic E-state index is 15.2. The van der Waals surface area contributed by atoms with Crippen LogP contribution in [0.2, 0.25) is 0 Å². The standard InChI is InChI=1S/C46H51NO12/c1-25-31(57-42(54)36(50)35(28-16-10-7-11-17-28)47-40(52)29-18-12-8-13-19-29)23-46(55)39(58-41(53)30-20-14-9-15-21-30)37-44(6,38(51)26(2)34(25)43(46,4)5)32(49)22-33-45(37,24-56-33)59-27(3)48/h7-21,26,31-33,35-37,39,49-50,55H,22-24H2,1-6H3,(H,47,52)/t26-,31+,32+,33?,35+,36-,37+,39+,44-,45+,46-/m1/s1. The lowest BCUT2D eigenvalue weighted by atomic mass is 9.43. The number of hydrogen-bond acceptors (Lipinski definition) is 12. The molecule has 59 heavy (non-hydrogen) atoms. The Bertz CT molecular complexity index is 2160. The third kappa shape index (κ3) is 6.77. The highest BCUT2D eigenvalue weighted by Gasteiger charge is 2.77. The van der Waals surface area contributed by atoms with Crippen LogP contribution in [-0.4, -0.2) is 93.2 Å². The number of aliphatic hydroxyl groups excluding tert-OH is 2. The summed E-state index contributed by atoms with van der Waals surface area (Å²) in [5.41, 5.74) is -5.28. The van der Waals surface area contributed by atoms with Crippen molar-refractivity contribution in [3.05, 3.63) is 119 Å². The number of rotatable bonds is 9. The number of carbonyl (C=O) groups is 5. The van der Waals surface area contributed by atoms with Crippen LogP contribution >= 0.6 is 0 Å². The lowest BCUT2D eigenvalue weighted by molar-refractivity contribution is -0.345. The molecular formula is C46H51NO12. The van der Waals surface area contributed by atoms with Gasteiger partial charge in [-0.25, -0.2) is 9.59 Å². The number of aliphatic hydroxyl groups is 3. The van der Waals surface area contributed by atoms with Crippen LogP contribution in [0.4, 0.5) is 0 Å². The van der Waals surface area contributed by atoms with Crippen molar-refractivity contribution in [3.63, 3.8) is 0 Å². The first kappa shape index (κ1) is 41.9. The SMILES string of the molecule is CC(=O)O[C@@]12COC1C[C@H](O)[C@@]1(C)C(=O)[C@H](C)C3=C(C)[C@@H](OC(=O)[C@H](O)[C@@H](NC(=O)c4ccccc4)c4ccccc4)C[C@@](O)([C@@H](OC(=O)c4ccccc4)[C@@H]12)C3(C)C. The fourth-order valence-corrected chi connectivity index (χ4v) is 10.4. The molecule has 1 unspecified atom stereocenters. The summed E-state index contributed by atoms with van der Waals surface area (Å²) in [4.78, 5) is 69.9. The van der Waals surface area contributed by atoms with Crippen LogP contribution in [0.15, 0.2) is 102 Å². The summed E-state index contributed by atoms with van der Waals surface area (Å²) in [7, 11) is 0. The van der Waals surface area contributed by atoms with Crippen LogP contribution in [0.5, 0.6) is 0 Å². The molecule has 3 fully saturated rings. The molecule has 2 bridgehead atoms. The Morgan fingerprint density at radius 2 is 1.46 bits per heavy atom. The molecule has 7 rings (SSSR count). The maximum atomic E-state index is 15.2. The average molecular weight is 810 g/mol. The van der Waals surface area contributed by atoms with Crippen molar-refractivity contribution < 1.29 is 58.2 Å². The van der Waals surface area contributed by atoms with Gasteiger partial charge < -0.3 is 39.6 Å². The second-order valence-corrected chi connectivity index (χ2v) is 17.1. The number of hydrogen-bond donors (Lipinski definition) is 4. The molecule has 3 aromatic carbocycles. The molecule has 0 spiro atoms. The molecule has 0 radical (unpaired) electrons. The molecule has 11 atom stereocenters. The quantitative estimate of drug-likeness (QED) is 0.135. The van der Waals surface area contributed by atoms with E-state index in [9.17, 15) is 34.5 Å². The van der Waals surface area contributed by atoms with Crippen molar-refractivity contribution >= 4 is 29.6 Å². The number of carbonyl (C=O) groups excluding carboxylic acids is 5. The molecule has 4 N–H and O–H groups in total. The summed E-state index contributed by atoms with van der Waals surface area (Å²) < 4.78 is 24.5. The number of ketones is 1. The summed E-state index contributed by atoms with van der Waals surface area (Å²) in [6, 6.07) is 23.5. The summed E-state index contributed by atoms with van der Waals surface area (Å²) in [5, 5.41) is 40.0. The van der Waals surface area contributed by atoms with E-state index in [1.54, 1.807) is 113 Å². The summed E-state index contributed by atoms with van der Waals surface area (Å²) in [6.07, 6.45) is -7.67. The summed E-state index contributed by atoms with van der Waals surface area (Å²) in [6.45, 7) is 9.32. The van der Waals surface area contributed by atoms with E-state index in [4.69, 9.17) is 18.9 Å². The van der Waals surface area contributed by atoms with E-state index in [0.29, 0.717) is 22.3 Å². The largest absolute Gasteiger partial charge is 0.456 e. The lowest BCUT2D eigenvalue weighted by Crippen LogP contribution is -2.81. The molecule has 4 aliphatic rings. The van der Waals surface area contributed by atoms with Gasteiger partial charge in [0.05, 0.1) is 35.6 Å². The monoisotopic (exact) mass is 809 g/mol. The summed E-state index contributed by atoms with van der Waals surface area (Å²) >= 11 is 0. The van der Waals surface area contributed by atoms with Crippen molar-refractivity contribution in [2.45, 2.75) is 102 Å². The first-order valence-electron chi connectivity index (χ1n) is 19.9. The van der Waals surface area contributed by atoms with Gasteiger partial charge in [0.2, 0.25) is 0 Å². The minimum atomic E-state index is -2.19. The molecule has 3 aliphatic carbocycles. The number of ether oxygens (including phenoxy) is 4. The minimum absolute atomic E-state index is 0.0700. The Morgan fingerprint density at radius 1 is 0.881 bits per heavy atom. The highest BCUT2D eigenvalue weighted by Crippen LogP contribution is 2.65. The Hall–Kier alpha value is -5.21. The van der Waals surface area contributed by atoms with Gasteiger partial charge in [-0.3, -0.25) is 14.4 Å². The molecule has 1 saturated heterocycles. The minimum Gasteiger partial charge on any atom is -0.456 e. The lowest BCUT2D eigenvalue weighted by Gasteiger charge is -2.67. The van der Waals surface area contributed by atoms with Crippen LogP contribution in [0.1, 0.15) is 86.7 Å². The van der Waals surface area contributed by atoms with Crippen molar-refractivity contribution in [2.75, 3.05) is 6.61 Å². The Kier molecular flexibility index (Phi) is 11.0. The second-order valence-electron chi connectivity index (χ2n) is 17.1. The van der Waals surface area contributed by atoms with Crippen LogP contribution < -0.4 is 5.32 Å². The topological polar surface area (TPSA) is 195 Å². The molecule has 13 heteroatoms. The van der Waals surface area contributed by atoms with Gasteiger partial charge in [-0.15, -0.1) is 0 Å². The molecule has 312 valence electrons. The number of nitrogens with one attached hydrogen (secondary N) is 1. The third-order valence-electron chi connectivity index (χ3n) is 13.5. The van der Waals surface area contributed by atoms with Gasteiger partial charge in [0.15, 0.2) is 11.7 Å².